The van der Waals surface area contributed by atoms with Crippen molar-refractivity contribution in [1.29, 1.82) is 0 Å². The van der Waals surface area contributed by atoms with Gasteiger partial charge in [-0.1, -0.05) is 49.0 Å². The molecule has 0 aliphatic carbocycles. The van der Waals surface area contributed by atoms with Gasteiger partial charge in [-0.3, -0.25) is 14.5 Å². The molecule has 2 amide bonds. The van der Waals surface area contributed by atoms with Gasteiger partial charge in [-0.25, -0.2) is 0 Å². The van der Waals surface area contributed by atoms with Gasteiger partial charge in [0.1, 0.15) is 5.75 Å². The van der Waals surface area contributed by atoms with E-state index in [9.17, 15) is 9.59 Å². The topological polar surface area (TPSA) is 46.6 Å². The minimum Gasteiger partial charge on any atom is -0.494 e. The van der Waals surface area contributed by atoms with Crippen LogP contribution < -0.4 is 4.74 Å². The maximum atomic E-state index is 12.9. The fraction of sp³-hybridized carbons (Fsp3) is 0.238. The van der Waals surface area contributed by atoms with E-state index in [1.807, 2.05) is 68.4 Å². The largest absolute Gasteiger partial charge is 0.494 e. The Labute approximate surface area is 157 Å². The lowest BCUT2D eigenvalue weighted by atomic mass is 10.1. The maximum absolute atomic E-state index is 12.9. The van der Waals surface area contributed by atoms with Gasteiger partial charge in [0.2, 0.25) is 0 Å². The van der Waals surface area contributed by atoms with Crippen LogP contribution in [0.2, 0.25) is 0 Å². The van der Waals surface area contributed by atoms with Crippen LogP contribution in [0.1, 0.15) is 25.8 Å². The van der Waals surface area contributed by atoms with Crippen LogP contribution in [-0.2, 0) is 9.59 Å². The quantitative estimate of drug-likeness (QED) is 0.682. The fourth-order valence-electron chi connectivity index (χ4n) is 2.82. The Morgan fingerprint density at radius 1 is 0.923 bits per heavy atom. The molecular weight excluding hydrogens is 346 g/mol. The lowest BCUT2D eigenvalue weighted by Gasteiger charge is -2.13. The summed E-state index contributed by atoms with van der Waals surface area (Å²) < 4.78 is 5.47. The number of carbonyl (C=O) groups is 2. The number of hydrogen-bond acceptors (Lipinski definition) is 4. The zero-order valence-electron chi connectivity index (χ0n) is 14.9. The summed E-state index contributed by atoms with van der Waals surface area (Å²) in [5.74, 6) is 0.310. The Morgan fingerprint density at radius 2 is 1.62 bits per heavy atom. The van der Waals surface area contributed by atoms with Crippen molar-refractivity contribution in [1.82, 2.24) is 4.90 Å². The van der Waals surface area contributed by atoms with Gasteiger partial charge in [0, 0.05) is 11.4 Å². The van der Waals surface area contributed by atoms with Crippen LogP contribution in [0.5, 0.6) is 5.75 Å². The SMILES string of the molecule is CCCN1C(=O)C(Sc2ccccc2)=C(c2ccc(OCC)cc2)C1=O. The summed E-state index contributed by atoms with van der Waals surface area (Å²) in [6.45, 7) is 4.89. The molecule has 0 radical (unpaired) electrons. The number of imide groups is 1. The van der Waals surface area contributed by atoms with Gasteiger partial charge in [-0.15, -0.1) is 0 Å². The molecule has 5 heteroatoms. The molecule has 0 bridgehead atoms. The van der Waals surface area contributed by atoms with E-state index in [4.69, 9.17) is 4.74 Å². The first-order valence-electron chi connectivity index (χ1n) is 8.72. The molecule has 0 atom stereocenters. The highest BCUT2D eigenvalue weighted by molar-refractivity contribution is 8.04. The normalized spacial score (nSPS) is 14.3. The summed E-state index contributed by atoms with van der Waals surface area (Å²) in [7, 11) is 0. The van der Waals surface area contributed by atoms with E-state index in [1.165, 1.54) is 16.7 Å². The third-order valence-electron chi connectivity index (χ3n) is 3.99. The highest BCUT2D eigenvalue weighted by Crippen LogP contribution is 2.39. The predicted molar refractivity (Wildman–Crippen MR) is 104 cm³/mol. The van der Waals surface area contributed by atoms with Crippen molar-refractivity contribution in [2.24, 2.45) is 0 Å². The molecule has 134 valence electrons. The monoisotopic (exact) mass is 367 g/mol. The number of rotatable bonds is 7. The van der Waals surface area contributed by atoms with Gasteiger partial charge in [-0.2, -0.15) is 0 Å². The van der Waals surface area contributed by atoms with Gasteiger partial charge in [0.05, 0.1) is 17.1 Å². The third kappa shape index (κ3) is 3.68. The van der Waals surface area contributed by atoms with E-state index >= 15 is 0 Å². The third-order valence-corrected chi connectivity index (χ3v) is 5.08. The number of hydrogen-bond donors (Lipinski definition) is 0. The molecule has 1 aliphatic rings. The minimum atomic E-state index is -0.223. The fourth-order valence-corrected chi connectivity index (χ4v) is 3.85. The highest BCUT2D eigenvalue weighted by atomic mass is 32.2. The maximum Gasteiger partial charge on any atom is 0.268 e. The summed E-state index contributed by atoms with van der Waals surface area (Å²) in [6.07, 6.45) is 0.733. The zero-order valence-corrected chi connectivity index (χ0v) is 15.7. The van der Waals surface area contributed by atoms with E-state index < -0.39 is 0 Å². The first kappa shape index (κ1) is 18.3. The Balaban J connectivity index is 2.01. The number of nitrogens with zero attached hydrogens (tertiary/aromatic N) is 1. The molecule has 2 aromatic carbocycles. The van der Waals surface area contributed by atoms with Crippen LogP contribution in [0.15, 0.2) is 64.4 Å². The summed E-state index contributed by atoms with van der Waals surface area (Å²) >= 11 is 1.35. The van der Waals surface area contributed by atoms with Gasteiger partial charge >= 0.3 is 0 Å². The van der Waals surface area contributed by atoms with Crippen LogP contribution in [-0.4, -0.2) is 29.9 Å². The highest BCUT2D eigenvalue weighted by Gasteiger charge is 2.38. The molecule has 0 N–H and O–H groups in total. The Kier molecular flexibility index (Phi) is 5.78. The Hall–Kier alpha value is -2.53. The summed E-state index contributed by atoms with van der Waals surface area (Å²) in [4.78, 5) is 28.6. The van der Waals surface area contributed by atoms with Crippen LogP contribution in [0.25, 0.3) is 5.57 Å². The first-order valence-corrected chi connectivity index (χ1v) is 9.54. The molecule has 1 aliphatic heterocycles. The van der Waals surface area contributed by atoms with Crippen molar-refractivity contribution in [3.05, 3.63) is 65.1 Å². The summed E-state index contributed by atoms with van der Waals surface area (Å²) in [5, 5.41) is 0. The summed E-state index contributed by atoms with van der Waals surface area (Å²) in [5.41, 5.74) is 1.21. The standard InChI is InChI=1S/C21H21NO3S/c1-3-14-22-20(23)18(15-10-12-16(13-11-15)25-4-2)19(21(22)24)26-17-8-6-5-7-9-17/h5-13H,3-4,14H2,1-2H3. The van der Waals surface area contributed by atoms with Crippen molar-refractivity contribution >= 4 is 29.1 Å². The molecule has 0 aromatic heterocycles. The van der Waals surface area contributed by atoms with Gasteiger partial charge in [0.25, 0.3) is 11.8 Å². The lowest BCUT2D eigenvalue weighted by Crippen LogP contribution is -2.32. The van der Waals surface area contributed by atoms with Crippen molar-refractivity contribution in [3.8, 4) is 5.75 Å². The Bertz CT molecular complexity index is 828. The second kappa shape index (κ2) is 8.23. The molecule has 0 spiro atoms. The van der Waals surface area contributed by atoms with Crippen molar-refractivity contribution in [3.63, 3.8) is 0 Å². The molecule has 4 nitrogen and oxygen atoms in total. The number of amides is 2. The molecular formula is C21H21NO3S. The van der Waals surface area contributed by atoms with E-state index in [1.54, 1.807) is 0 Å². The molecule has 1 heterocycles. The molecule has 2 aromatic rings. The van der Waals surface area contributed by atoms with Crippen LogP contribution in [0, 0.1) is 0 Å². The Morgan fingerprint density at radius 3 is 2.23 bits per heavy atom. The summed E-state index contributed by atoms with van der Waals surface area (Å²) in [6, 6.07) is 17.0. The van der Waals surface area contributed by atoms with Gasteiger partial charge < -0.3 is 4.74 Å². The molecule has 0 fully saturated rings. The molecule has 26 heavy (non-hydrogen) atoms. The second-order valence-electron chi connectivity index (χ2n) is 5.84. The van der Waals surface area contributed by atoms with E-state index in [0.717, 1.165) is 22.6 Å². The van der Waals surface area contributed by atoms with E-state index in [2.05, 4.69) is 0 Å². The molecule has 3 rings (SSSR count). The van der Waals surface area contributed by atoms with Crippen LogP contribution >= 0.6 is 11.8 Å². The van der Waals surface area contributed by atoms with Gasteiger partial charge in [-0.05, 0) is 43.2 Å². The second-order valence-corrected chi connectivity index (χ2v) is 6.92. The number of thioether (sulfide) groups is 1. The average Bonchev–Trinajstić information content (AvgIpc) is 2.88. The smallest absolute Gasteiger partial charge is 0.268 e. The van der Waals surface area contributed by atoms with Crippen LogP contribution in [0.4, 0.5) is 0 Å². The zero-order chi connectivity index (χ0) is 18.5. The molecule has 0 unspecified atom stereocenters. The predicted octanol–water partition coefficient (Wildman–Crippen LogP) is 4.37. The molecule has 0 saturated heterocycles. The molecule has 0 saturated carbocycles. The van der Waals surface area contributed by atoms with Crippen molar-refractivity contribution < 1.29 is 14.3 Å². The number of carbonyl (C=O) groups excluding carboxylic acids is 2. The number of ether oxygens (including phenoxy) is 1. The average molecular weight is 367 g/mol. The van der Waals surface area contributed by atoms with E-state index in [-0.39, 0.29) is 11.8 Å². The van der Waals surface area contributed by atoms with Crippen molar-refractivity contribution in [2.75, 3.05) is 13.2 Å². The van der Waals surface area contributed by atoms with Crippen LogP contribution in [0.3, 0.4) is 0 Å². The first-order chi connectivity index (χ1) is 12.7. The minimum absolute atomic E-state index is 0.213. The lowest BCUT2D eigenvalue weighted by molar-refractivity contribution is -0.136. The van der Waals surface area contributed by atoms with Crippen molar-refractivity contribution in [2.45, 2.75) is 25.2 Å². The van der Waals surface area contributed by atoms with Gasteiger partial charge in [0.15, 0.2) is 0 Å². The van der Waals surface area contributed by atoms with E-state index in [0.29, 0.717) is 23.6 Å². The number of benzene rings is 2.